The second-order valence-electron chi connectivity index (χ2n) is 5.58. The molecule has 2 aromatic heterocycles. The van der Waals surface area contributed by atoms with Gasteiger partial charge in [0.1, 0.15) is 0 Å². The van der Waals surface area contributed by atoms with E-state index in [0.29, 0.717) is 18.6 Å². The largest absolute Gasteiger partial charge is 0.481 e. The van der Waals surface area contributed by atoms with Crippen LogP contribution in [0.4, 0.5) is 0 Å². The highest BCUT2D eigenvalue weighted by atomic mass is 16.4. The smallest absolute Gasteiger partial charge is 0.350 e. The third-order valence-corrected chi connectivity index (χ3v) is 3.49. The van der Waals surface area contributed by atoms with E-state index < -0.39 is 11.4 Å². The first-order valence-corrected chi connectivity index (χ1v) is 6.69. The van der Waals surface area contributed by atoms with Gasteiger partial charge in [-0.1, -0.05) is 12.5 Å². The van der Waals surface area contributed by atoms with Crippen molar-refractivity contribution in [3.05, 3.63) is 34.9 Å². The predicted molar refractivity (Wildman–Crippen MR) is 74.7 cm³/mol. The minimum atomic E-state index is -0.789. The lowest BCUT2D eigenvalue weighted by Crippen LogP contribution is -2.24. The number of fused-ring (bicyclic) bond motifs is 1. The lowest BCUT2D eigenvalue weighted by Gasteiger charge is -2.18. The minimum Gasteiger partial charge on any atom is -0.481 e. The second-order valence-corrected chi connectivity index (χ2v) is 5.58. The van der Waals surface area contributed by atoms with Crippen molar-refractivity contribution in [2.24, 2.45) is 5.41 Å². The highest BCUT2D eigenvalue weighted by Gasteiger charge is 2.26. The van der Waals surface area contributed by atoms with E-state index >= 15 is 0 Å². The maximum atomic E-state index is 12.0. The van der Waals surface area contributed by atoms with Crippen molar-refractivity contribution in [1.82, 2.24) is 14.2 Å². The monoisotopic (exact) mass is 277 g/mol. The molecule has 2 rings (SSSR count). The van der Waals surface area contributed by atoms with Crippen molar-refractivity contribution in [2.75, 3.05) is 0 Å². The summed E-state index contributed by atoms with van der Waals surface area (Å²) in [5, 5.41) is 13.3. The summed E-state index contributed by atoms with van der Waals surface area (Å²) in [6, 6.07) is 5.41. The van der Waals surface area contributed by atoms with Crippen molar-refractivity contribution in [2.45, 2.75) is 39.7 Å². The Hall–Kier alpha value is -2.11. The van der Waals surface area contributed by atoms with Gasteiger partial charge in [-0.3, -0.25) is 9.20 Å². The highest BCUT2D eigenvalue weighted by Crippen LogP contribution is 2.23. The van der Waals surface area contributed by atoms with Crippen LogP contribution >= 0.6 is 0 Å². The van der Waals surface area contributed by atoms with Gasteiger partial charge in [0, 0.05) is 12.7 Å². The number of aromatic nitrogens is 3. The van der Waals surface area contributed by atoms with Crippen molar-refractivity contribution >= 4 is 11.6 Å². The fourth-order valence-electron chi connectivity index (χ4n) is 2.05. The molecule has 2 heterocycles. The number of carbonyl (C=O) groups is 1. The van der Waals surface area contributed by atoms with E-state index in [1.807, 2.05) is 6.07 Å². The first-order valence-electron chi connectivity index (χ1n) is 6.69. The first-order chi connectivity index (χ1) is 9.42. The molecule has 0 amide bonds. The van der Waals surface area contributed by atoms with Crippen LogP contribution in [0.3, 0.4) is 0 Å². The van der Waals surface area contributed by atoms with Crippen LogP contribution in [-0.4, -0.2) is 25.3 Å². The minimum absolute atomic E-state index is 0.155. The molecule has 108 valence electrons. The standard InChI is InChI=1S/C14H19N3O3/c1-14(2,12(18)19)8-4-6-10-17-13(20)16-9-5-3-7-11(16)15-17/h3,5,7,9H,4,6,8,10H2,1-2H3,(H,18,19). The Labute approximate surface area is 116 Å². The van der Waals surface area contributed by atoms with Gasteiger partial charge >= 0.3 is 11.7 Å². The van der Waals surface area contributed by atoms with Gasteiger partial charge in [0.25, 0.3) is 0 Å². The average Bonchev–Trinajstić information content (AvgIpc) is 2.72. The molecule has 0 fully saturated rings. The van der Waals surface area contributed by atoms with E-state index in [-0.39, 0.29) is 5.69 Å². The number of aliphatic carboxylic acids is 1. The van der Waals surface area contributed by atoms with E-state index in [1.54, 1.807) is 32.2 Å². The normalized spacial score (nSPS) is 11.9. The number of carboxylic acids is 1. The van der Waals surface area contributed by atoms with Gasteiger partial charge in [-0.05, 0) is 38.8 Å². The number of carboxylic acid groups (broad SMARTS) is 1. The Bertz CT molecular complexity index is 670. The number of hydrogen-bond donors (Lipinski definition) is 1. The molecule has 6 heteroatoms. The molecule has 0 aliphatic rings. The molecule has 0 bridgehead atoms. The Kier molecular flexibility index (Phi) is 3.92. The Morgan fingerprint density at radius 3 is 2.75 bits per heavy atom. The summed E-state index contributed by atoms with van der Waals surface area (Å²) in [5.74, 6) is -0.789. The van der Waals surface area contributed by atoms with Gasteiger partial charge in [-0.25, -0.2) is 9.48 Å². The average molecular weight is 277 g/mol. The molecule has 0 unspecified atom stereocenters. The van der Waals surface area contributed by atoms with Crippen LogP contribution in [0.15, 0.2) is 29.2 Å². The van der Waals surface area contributed by atoms with E-state index in [1.165, 1.54) is 9.08 Å². The fraction of sp³-hybridized carbons (Fsp3) is 0.500. The van der Waals surface area contributed by atoms with Gasteiger partial charge in [0.05, 0.1) is 5.41 Å². The third-order valence-electron chi connectivity index (χ3n) is 3.49. The van der Waals surface area contributed by atoms with Crippen LogP contribution in [-0.2, 0) is 11.3 Å². The van der Waals surface area contributed by atoms with Crippen LogP contribution in [0, 0.1) is 5.41 Å². The zero-order valence-electron chi connectivity index (χ0n) is 11.7. The maximum Gasteiger partial charge on any atom is 0.350 e. The summed E-state index contributed by atoms with van der Waals surface area (Å²) < 4.78 is 2.93. The summed E-state index contributed by atoms with van der Waals surface area (Å²) in [4.78, 5) is 23.0. The van der Waals surface area contributed by atoms with E-state index in [2.05, 4.69) is 5.10 Å². The molecule has 0 aliphatic carbocycles. The summed E-state index contributed by atoms with van der Waals surface area (Å²) in [6.45, 7) is 3.94. The Balaban J connectivity index is 1.95. The lowest BCUT2D eigenvalue weighted by molar-refractivity contribution is -0.147. The van der Waals surface area contributed by atoms with Gasteiger partial charge in [0.15, 0.2) is 5.65 Å². The van der Waals surface area contributed by atoms with Crippen LogP contribution in [0.5, 0.6) is 0 Å². The number of hydrogen-bond acceptors (Lipinski definition) is 3. The zero-order valence-corrected chi connectivity index (χ0v) is 11.7. The molecule has 2 aromatic rings. The number of unbranched alkanes of at least 4 members (excludes halogenated alkanes) is 1. The highest BCUT2D eigenvalue weighted by molar-refractivity contribution is 5.73. The van der Waals surface area contributed by atoms with E-state index in [9.17, 15) is 9.59 Å². The molecule has 20 heavy (non-hydrogen) atoms. The van der Waals surface area contributed by atoms with Crippen molar-refractivity contribution < 1.29 is 9.90 Å². The molecule has 0 atom stereocenters. The van der Waals surface area contributed by atoms with Gasteiger partial charge in [0.2, 0.25) is 0 Å². The summed E-state index contributed by atoms with van der Waals surface area (Å²) in [7, 11) is 0. The topological polar surface area (TPSA) is 76.6 Å². The van der Waals surface area contributed by atoms with Gasteiger partial charge < -0.3 is 5.11 Å². The van der Waals surface area contributed by atoms with Crippen molar-refractivity contribution in [3.8, 4) is 0 Å². The molecule has 0 saturated carbocycles. The van der Waals surface area contributed by atoms with E-state index in [0.717, 1.165) is 12.8 Å². The summed E-state index contributed by atoms with van der Waals surface area (Å²) in [5.41, 5.74) is -0.245. The van der Waals surface area contributed by atoms with Gasteiger partial charge in [-0.15, -0.1) is 5.10 Å². The predicted octanol–water partition coefficient (Wildman–Crippen LogP) is 1.78. The third kappa shape index (κ3) is 2.89. The number of nitrogens with zero attached hydrogens (tertiary/aromatic N) is 3. The number of rotatable bonds is 6. The molecule has 0 aliphatic heterocycles. The molecule has 6 nitrogen and oxygen atoms in total. The Morgan fingerprint density at radius 1 is 1.35 bits per heavy atom. The number of aryl methyl sites for hydroxylation is 1. The van der Waals surface area contributed by atoms with Crippen LogP contribution in [0.25, 0.3) is 5.65 Å². The van der Waals surface area contributed by atoms with Crippen LogP contribution < -0.4 is 5.69 Å². The Morgan fingerprint density at radius 2 is 2.10 bits per heavy atom. The molecule has 0 spiro atoms. The molecule has 1 N–H and O–H groups in total. The SMILES string of the molecule is CC(C)(CCCCn1nc2ccccn2c1=O)C(=O)O. The fourth-order valence-corrected chi connectivity index (χ4v) is 2.05. The van der Waals surface area contributed by atoms with E-state index in [4.69, 9.17) is 5.11 Å². The summed E-state index contributed by atoms with van der Waals surface area (Å²) >= 11 is 0. The van der Waals surface area contributed by atoms with Crippen molar-refractivity contribution in [3.63, 3.8) is 0 Å². The molecular formula is C14H19N3O3. The van der Waals surface area contributed by atoms with Crippen LogP contribution in [0.1, 0.15) is 33.1 Å². The molecule has 0 aromatic carbocycles. The van der Waals surface area contributed by atoms with Crippen molar-refractivity contribution in [1.29, 1.82) is 0 Å². The van der Waals surface area contributed by atoms with Gasteiger partial charge in [-0.2, -0.15) is 0 Å². The molecular weight excluding hydrogens is 258 g/mol. The number of pyridine rings is 1. The summed E-state index contributed by atoms with van der Waals surface area (Å²) in [6.07, 6.45) is 3.76. The molecule has 0 saturated heterocycles. The van der Waals surface area contributed by atoms with Crippen LogP contribution in [0.2, 0.25) is 0 Å². The molecule has 0 radical (unpaired) electrons. The zero-order chi connectivity index (χ0) is 14.8. The quantitative estimate of drug-likeness (QED) is 0.816. The lowest BCUT2D eigenvalue weighted by atomic mass is 9.87. The maximum absolute atomic E-state index is 12.0. The first kappa shape index (κ1) is 14.3. The second kappa shape index (κ2) is 5.48.